The smallest absolute Gasteiger partial charge is 0.216 e. The Morgan fingerprint density at radius 3 is 2.69 bits per heavy atom. The van der Waals surface area contributed by atoms with Gasteiger partial charge in [-0.15, -0.1) is 0 Å². The van der Waals surface area contributed by atoms with Gasteiger partial charge in [0.1, 0.15) is 18.0 Å². The summed E-state index contributed by atoms with van der Waals surface area (Å²) in [5.41, 5.74) is 2.80. The summed E-state index contributed by atoms with van der Waals surface area (Å²) in [6.45, 7) is 1.49. The van der Waals surface area contributed by atoms with Crippen LogP contribution in [0.5, 0.6) is 0 Å². The van der Waals surface area contributed by atoms with Crippen LogP contribution in [-0.4, -0.2) is 37.5 Å². The van der Waals surface area contributed by atoms with Crippen LogP contribution >= 0.6 is 11.6 Å². The monoisotopic (exact) mass is 438 g/mol. The predicted molar refractivity (Wildman–Crippen MR) is 111 cm³/mol. The highest BCUT2D eigenvalue weighted by molar-refractivity contribution is 7.88. The lowest BCUT2D eigenvalue weighted by Gasteiger charge is -2.34. The molecule has 0 bridgehead atoms. The van der Waals surface area contributed by atoms with E-state index in [9.17, 15) is 12.8 Å². The summed E-state index contributed by atoms with van der Waals surface area (Å²) in [5.74, 6) is 0.267. The number of nitrogens with one attached hydrogen (secondary N) is 1. The molecule has 0 saturated carbocycles. The third kappa shape index (κ3) is 4.87. The van der Waals surface area contributed by atoms with Crippen molar-refractivity contribution < 1.29 is 12.8 Å². The molecule has 0 spiro atoms. The van der Waals surface area contributed by atoms with Crippen molar-refractivity contribution >= 4 is 27.4 Å². The fraction of sp³-hybridized carbons (Fsp3) is 0.500. The van der Waals surface area contributed by atoms with Gasteiger partial charge in [-0.3, -0.25) is 0 Å². The molecule has 2 aromatic rings. The highest BCUT2D eigenvalue weighted by Crippen LogP contribution is 2.29. The summed E-state index contributed by atoms with van der Waals surface area (Å²) in [4.78, 5) is 11.2. The van der Waals surface area contributed by atoms with Crippen molar-refractivity contribution in [2.45, 2.75) is 50.3 Å². The first-order valence-electron chi connectivity index (χ1n) is 9.93. The molecule has 4 rings (SSSR count). The van der Waals surface area contributed by atoms with E-state index in [1.807, 2.05) is 0 Å². The van der Waals surface area contributed by atoms with Crippen molar-refractivity contribution in [1.29, 1.82) is 0 Å². The third-order valence-corrected chi connectivity index (χ3v) is 7.34. The number of hydrogen-bond acceptors (Lipinski definition) is 5. The number of nitrogens with zero attached hydrogens (tertiary/aromatic N) is 3. The Hall–Kier alpha value is -1.77. The minimum absolute atomic E-state index is 0.124. The highest BCUT2D eigenvalue weighted by atomic mass is 35.5. The molecule has 1 saturated heterocycles. The van der Waals surface area contributed by atoms with Gasteiger partial charge < -0.3 is 4.90 Å². The van der Waals surface area contributed by atoms with Crippen LogP contribution in [0.1, 0.15) is 42.5 Å². The molecule has 0 radical (unpaired) electrons. The van der Waals surface area contributed by atoms with Gasteiger partial charge in [0.05, 0.1) is 5.75 Å². The quantitative estimate of drug-likeness (QED) is 0.775. The highest BCUT2D eigenvalue weighted by Gasteiger charge is 2.27. The summed E-state index contributed by atoms with van der Waals surface area (Å²) in [5, 5.41) is 0.124. The molecule has 1 fully saturated rings. The molecule has 0 atom stereocenters. The summed E-state index contributed by atoms with van der Waals surface area (Å²) >= 11 is 5.97. The van der Waals surface area contributed by atoms with Crippen LogP contribution in [0.15, 0.2) is 24.5 Å². The van der Waals surface area contributed by atoms with Crippen molar-refractivity contribution in [2.75, 3.05) is 18.0 Å². The van der Waals surface area contributed by atoms with Crippen LogP contribution in [0.4, 0.5) is 10.2 Å². The first kappa shape index (κ1) is 20.5. The fourth-order valence-electron chi connectivity index (χ4n) is 4.12. The van der Waals surface area contributed by atoms with E-state index >= 15 is 0 Å². The molecule has 1 aliphatic heterocycles. The van der Waals surface area contributed by atoms with Crippen molar-refractivity contribution in [3.8, 4) is 0 Å². The molecule has 0 amide bonds. The third-order valence-electron chi connectivity index (χ3n) is 5.60. The number of fused-ring (bicyclic) bond motifs is 1. The van der Waals surface area contributed by atoms with Crippen LogP contribution in [-0.2, 0) is 28.6 Å². The average molecular weight is 439 g/mol. The van der Waals surface area contributed by atoms with Crippen molar-refractivity contribution in [2.24, 2.45) is 0 Å². The Morgan fingerprint density at radius 1 is 1.17 bits per heavy atom. The molecule has 2 aliphatic rings. The normalized spacial score (nSPS) is 17.9. The summed E-state index contributed by atoms with van der Waals surface area (Å²) in [6, 6.07) is 3.64. The lowest BCUT2D eigenvalue weighted by atomic mass is 9.95. The van der Waals surface area contributed by atoms with Gasteiger partial charge in [-0.2, -0.15) is 0 Å². The van der Waals surface area contributed by atoms with Gasteiger partial charge >= 0.3 is 0 Å². The first-order chi connectivity index (χ1) is 13.9. The Bertz CT molecular complexity index is 994. The van der Waals surface area contributed by atoms with Crippen molar-refractivity contribution in [3.05, 3.63) is 52.2 Å². The molecule has 1 aromatic heterocycles. The number of sulfonamides is 1. The number of halogens is 2. The Balaban J connectivity index is 1.37. The molecule has 6 nitrogen and oxygen atoms in total. The zero-order valence-electron chi connectivity index (χ0n) is 16.1. The zero-order chi connectivity index (χ0) is 20.4. The summed E-state index contributed by atoms with van der Waals surface area (Å²) in [6.07, 6.45) is 7.40. The van der Waals surface area contributed by atoms with Crippen molar-refractivity contribution in [1.82, 2.24) is 14.7 Å². The maximum absolute atomic E-state index is 13.2. The maximum atomic E-state index is 13.2. The Morgan fingerprint density at radius 2 is 1.93 bits per heavy atom. The molecule has 1 N–H and O–H groups in total. The standard InChI is InChI=1S/C20H24ClFN4O2S/c21-18-11-15(22)6-5-14(18)12-29(27,28)25-16-7-9-26(10-8-16)20-17-3-1-2-4-19(17)23-13-24-20/h5-6,11,13,16,25H,1-4,7-10,12H2. The van der Waals surface area contributed by atoms with E-state index in [0.717, 1.165) is 49.9 Å². The number of anilines is 1. The number of piperidine rings is 1. The molecule has 0 unspecified atom stereocenters. The van der Waals surface area contributed by atoms with Gasteiger partial charge in [0.15, 0.2) is 0 Å². The van der Waals surface area contributed by atoms with E-state index in [0.29, 0.717) is 18.4 Å². The first-order valence-corrected chi connectivity index (χ1v) is 12.0. The average Bonchev–Trinajstić information content (AvgIpc) is 2.70. The molecule has 1 aromatic carbocycles. The predicted octanol–water partition coefficient (Wildman–Crippen LogP) is 3.24. The van der Waals surface area contributed by atoms with Gasteiger partial charge in [0.2, 0.25) is 10.0 Å². The lowest BCUT2D eigenvalue weighted by molar-refractivity contribution is 0.456. The van der Waals surface area contributed by atoms with E-state index in [1.165, 1.54) is 24.1 Å². The van der Waals surface area contributed by atoms with E-state index in [-0.39, 0.29) is 16.8 Å². The van der Waals surface area contributed by atoms with Crippen LogP contribution < -0.4 is 9.62 Å². The van der Waals surface area contributed by atoms with Crippen LogP contribution in [0, 0.1) is 5.82 Å². The van der Waals surface area contributed by atoms with Gasteiger partial charge in [0, 0.05) is 35.4 Å². The molecule has 9 heteroatoms. The van der Waals surface area contributed by atoms with Gasteiger partial charge in [-0.1, -0.05) is 17.7 Å². The number of aromatic nitrogens is 2. The van der Waals surface area contributed by atoms with Crippen LogP contribution in [0.3, 0.4) is 0 Å². The van der Waals surface area contributed by atoms with Gasteiger partial charge in [-0.25, -0.2) is 27.5 Å². The molecular formula is C20H24ClFN4O2S. The minimum atomic E-state index is -3.57. The molecule has 156 valence electrons. The zero-order valence-corrected chi connectivity index (χ0v) is 17.6. The number of benzene rings is 1. The number of rotatable bonds is 5. The largest absolute Gasteiger partial charge is 0.356 e. The lowest BCUT2D eigenvalue weighted by Crippen LogP contribution is -2.45. The number of aryl methyl sites for hydroxylation is 1. The van der Waals surface area contributed by atoms with E-state index in [4.69, 9.17) is 11.6 Å². The topological polar surface area (TPSA) is 75.2 Å². The SMILES string of the molecule is O=S(=O)(Cc1ccc(F)cc1Cl)NC1CCN(c2ncnc3c2CCCC3)CC1. The van der Waals surface area contributed by atoms with Crippen LogP contribution in [0.2, 0.25) is 5.02 Å². The summed E-state index contributed by atoms with van der Waals surface area (Å²) in [7, 11) is -3.57. The van der Waals surface area contributed by atoms with E-state index < -0.39 is 15.8 Å². The number of hydrogen-bond donors (Lipinski definition) is 1. The Kier molecular flexibility index (Phi) is 6.03. The fourth-order valence-corrected chi connectivity index (χ4v) is 5.93. The second-order valence-electron chi connectivity index (χ2n) is 7.70. The van der Waals surface area contributed by atoms with Gasteiger partial charge in [-0.05, 0) is 56.2 Å². The second-order valence-corrected chi connectivity index (χ2v) is 9.86. The van der Waals surface area contributed by atoms with Crippen LogP contribution in [0.25, 0.3) is 0 Å². The Labute approximate surface area is 175 Å². The minimum Gasteiger partial charge on any atom is -0.356 e. The van der Waals surface area contributed by atoms with Gasteiger partial charge in [0.25, 0.3) is 0 Å². The maximum Gasteiger partial charge on any atom is 0.216 e. The molecule has 2 heterocycles. The molecule has 1 aliphatic carbocycles. The summed E-state index contributed by atoms with van der Waals surface area (Å²) < 4.78 is 41.1. The van der Waals surface area contributed by atoms with E-state index in [1.54, 1.807) is 6.33 Å². The molecule has 29 heavy (non-hydrogen) atoms. The second kappa shape index (κ2) is 8.53. The molecular weight excluding hydrogens is 415 g/mol. The van der Waals surface area contributed by atoms with Crippen molar-refractivity contribution in [3.63, 3.8) is 0 Å². The van der Waals surface area contributed by atoms with E-state index in [2.05, 4.69) is 19.6 Å².